The molecule has 0 bridgehead atoms. The van der Waals surface area contributed by atoms with E-state index in [2.05, 4.69) is 4.72 Å². The lowest BCUT2D eigenvalue weighted by Gasteiger charge is -2.34. The van der Waals surface area contributed by atoms with Gasteiger partial charge in [0.15, 0.2) is 0 Å². The number of rotatable bonds is 7. The summed E-state index contributed by atoms with van der Waals surface area (Å²) in [6.45, 7) is 4.22. The first-order chi connectivity index (χ1) is 14.1. The van der Waals surface area contributed by atoms with Crippen molar-refractivity contribution in [2.24, 2.45) is 0 Å². The molecule has 0 saturated carbocycles. The molecule has 0 aromatic heterocycles. The molecule has 9 heteroatoms. The second-order valence-electron chi connectivity index (χ2n) is 7.67. The van der Waals surface area contributed by atoms with Crippen LogP contribution < -0.4 is 4.72 Å². The molecule has 1 atom stereocenters. The average Bonchev–Trinajstić information content (AvgIpc) is 2.70. The molecular weight excluding hydrogens is 444 g/mol. The maximum atomic E-state index is 13.1. The number of piperidine rings is 1. The zero-order valence-corrected chi connectivity index (χ0v) is 19.5. The Labute approximate surface area is 184 Å². The Morgan fingerprint density at radius 1 is 1.03 bits per heavy atom. The zero-order chi connectivity index (χ0) is 21.9. The van der Waals surface area contributed by atoms with Crippen LogP contribution in [0.1, 0.15) is 36.8 Å². The van der Waals surface area contributed by atoms with Crippen LogP contribution in [0.2, 0.25) is 5.02 Å². The van der Waals surface area contributed by atoms with E-state index in [1.807, 2.05) is 6.92 Å². The minimum Gasteiger partial charge on any atom is -0.211 e. The minimum absolute atomic E-state index is 0.141. The van der Waals surface area contributed by atoms with E-state index in [1.54, 1.807) is 43.3 Å². The quantitative estimate of drug-likeness (QED) is 0.665. The average molecular weight is 471 g/mol. The monoisotopic (exact) mass is 470 g/mol. The lowest BCUT2D eigenvalue weighted by Crippen LogP contribution is -2.45. The molecule has 1 fully saturated rings. The van der Waals surface area contributed by atoms with Gasteiger partial charge < -0.3 is 0 Å². The molecule has 2 aromatic carbocycles. The molecule has 1 heterocycles. The molecule has 2 aromatic rings. The number of sulfonamides is 2. The van der Waals surface area contributed by atoms with Crippen molar-refractivity contribution in [3.63, 3.8) is 0 Å². The van der Waals surface area contributed by atoms with Crippen LogP contribution in [0.25, 0.3) is 0 Å². The molecule has 1 saturated heterocycles. The molecule has 0 spiro atoms. The van der Waals surface area contributed by atoms with E-state index >= 15 is 0 Å². The van der Waals surface area contributed by atoms with Crippen LogP contribution in [0.15, 0.2) is 52.3 Å². The lowest BCUT2D eigenvalue weighted by molar-refractivity contribution is 0.242. The van der Waals surface area contributed by atoms with Crippen molar-refractivity contribution in [2.75, 3.05) is 13.1 Å². The standard InChI is InChI=1S/C21H27ClN2O4S2/c1-16-6-10-20(11-7-16)30(27,28)24-14-4-3-5-19(24)12-13-23-29(25,26)21-15-18(22)9-8-17(21)2/h6-11,15,19,23H,3-5,12-14H2,1-2H3. The van der Waals surface area contributed by atoms with E-state index in [4.69, 9.17) is 11.6 Å². The van der Waals surface area contributed by atoms with E-state index in [1.165, 1.54) is 10.4 Å². The minimum atomic E-state index is -3.73. The summed E-state index contributed by atoms with van der Waals surface area (Å²) in [6, 6.07) is 11.3. The van der Waals surface area contributed by atoms with Gasteiger partial charge in [0.2, 0.25) is 20.0 Å². The normalized spacial score (nSPS) is 18.4. The number of nitrogens with zero attached hydrogens (tertiary/aromatic N) is 1. The van der Waals surface area contributed by atoms with Gasteiger partial charge in [-0.25, -0.2) is 21.6 Å². The molecule has 3 rings (SSSR count). The van der Waals surface area contributed by atoms with Gasteiger partial charge in [-0.15, -0.1) is 0 Å². The number of aryl methyl sites for hydroxylation is 2. The third-order valence-electron chi connectivity index (χ3n) is 5.41. The summed E-state index contributed by atoms with van der Waals surface area (Å²) in [5.74, 6) is 0. The largest absolute Gasteiger partial charge is 0.243 e. The van der Waals surface area contributed by atoms with Crippen molar-refractivity contribution in [2.45, 2.75) is 55.4 Å². The first-order valence-electron chi connectivity index (χ1n) is 9.95. The number of hydrogen-bond donors (Lipinski definition) is 1. The lowest BCUT2D eigenvalue weighted by atomic mass is 10.0. The number of hydrogen-bond acceptors (Lipinski definition) is 4. The van der Waals surface area contributed by atoms with Gasteiger partial charge in [-0.05, 0) is 62.9 Å². The Kier molecular flexibility index (Phi) is 7.24. The van der Waals surface area contributed by atoms with Crippen LogP contribution >= 0.6 is 11.6 Å². The molecule has 0 radical (unpaired) electrons. The van der Waals surface area contributed by atoms with E-state index < -0.39 is 20.0 Å². The number of halogens is 1. The second kappa shape index (κ2) is 9.36. The van der Waals surface area contributed by atoms with E-state index in [-0.39, 0.29) is 22.4 Å². The van der Waals surface area contributed by atoms with Crippen LogP contribution in [0.4, 0.5) is 0 Å². The molecule has 1 aliphatic rings. The van der Waals surface area contributed by atoms with Crippen molar-refractivity contribution >= 4 is 31.6 Å². The van der Waals surface area contributed by atoms with Crippen LogP contribution in [0.5, 0.6) is 0 Å². The van der Waals surface area contributed by atoms with Gasteiger partial charge in [-0.3, -0.25) is 0 Å². The third kappa shape index (κ3) is 5.23. The molecular formula is C21H27ClN2O4S2. The summed E-state index contributed by atoms with van der Waals surface area (Å²) < 4.78 is 55.8. The molecule has 6 nitrogen and oxygen atoms in total. The SMILES string of the molecule is Cc1ccc(S(=O)(=O)N2CCCCC2CCNS(=O)(=O)c2cc(Cl)ccc2C)cc1. The van der Waals surface area contributed by atoms with Gasteiger partial charge in [0.05, 0.1) is 9.79 Å². The fourth-order valence-corrected chi connectivity index (χ4v) is 7.00. The topological polar surface area (TPSA) is 83.6 Å². The highest BCUT2D eigenvalue weighted by molar-refractivity contribution is 7.89. The zero-order valence-electron chi connectivity index (χ0n) is 17.1. The summed E-state index contributed by atoms with van der Waals surface area (Å²) >= 11 is 5.95. The van der Waals surface area contributed by atoms with Crippen LogP contribution in [0.3, 0.4) is 0 Å². The van der Waals surface area contributed by atoms with Gasteiger partial charge in [0, 0.05) is 24.2 Å². The predicted octanol–water partition coefficient (Wildman–Crippen LogP) is 3.87. The highest BCUT2D eigenvalue weighted by Crippen LogP contribution is 2.27. The first kappa shape index (κ1) is 23.2. The highest BCUT2D eigenvalue weighted by atomic mass is 35.5. The van der Waals surface area contributed by atoms with Crippen LogP contribution in [-0.2, 0) is 20.0 Å². The summed E-state index contributed by atoms with van der Waals surface area (Å²) in [6.07, 6.45) is 2.84. The van der Waals surface area contributed by atoms with Crippen molar-refractivity contribution < 1.29 is 16.8 Å². The molecule has 164 valence electrons. The summed E-state index contributed by atoms with van der Waals surface area (Å²) in [7, 11) is -7.35. The van der Waals surface area contributed by atoms with Gasteiger partial charge in [-0.1, -0.05) is 41.8 Å². The van der Waals surface area contributed by atoms with Gasteiger partial charge in [0.1, 0.15) is 0 Å². The van der Waals surface area contributed by atoms with E-state index in [0.29, 0.717) is 30.0 Å². The number of nitrogens with one attached hydrogen (secondary N) is 1. The summed E-state index contributed by atoms with van der Waals surface area (Å²) in [4.78, 5) is 0.415. The van der Waals surface area contributed by atoms with E-state index in [0.717, 1.165) is 18.4 Å². The molecule has 0 amide bonds. The van der Waals surface area contributed by atoms with Gasteiger partial charge in [0.25, 0.3) is 0 Å². The first-order valence-corrected chi connectivity index (χ1v) is 13.3. The van der Waals surface area contributed by atoms with Crippen molar-refractivity contribution in [3.05, 3.63) is 58.6 Å². The van der Waals surface area contributed by atoms with Crippen LogP contribution in [0, 0.1) is 13.8 Å². The van der Waals surface area contributed by atoms with Gasteiger partial charge in [-0.2, -0.15) is 4.31 Å². The van der Waals surface area contributed by atoms with Crippen molar-refractivity contribution in [3.8, 4) is 0 Å². The Hall–Kier alpha value is -1.45. The fraction of sp³-hybridized carbons (Fsp3) is 0.429. The third-order valence-corrected chi connectivity index (χ3v) is 9.21. The molecule has 1 N–H and O–H groups in total. The Morgan fingerprint density at radius 2 is 1.73 bits per heavy atom. The smallest absolute Gasteiger partial charge is 0.211 e. The fourth-order valence-electron chi connectivity index (χ4n) is 3.73. The highest BCUT2D eigenvalue weighted by Gasteiger charge is 2.33. The number of benzene rings is 2. The van der Waals surface area contributed by atoms with Crippen molar-refractivity contribution in [1.29, 1.82) is 0 Å². The van der Waals surface area contributed by atoms with Crippen LogP contribution in [-0.4, -0.2) is 40.3 Å². The predicted molar refractivity (Wildman–Crippen MR) is 119 cm³/mol. The Balaban J connectivity index is 1.72. The maximum Gasteiger partial charge on any atom is 0.243 e. The van der Waals surface area contributed by atoms with Gasteiger partial charge >= 0.3 is 0 Å². The molecule has 1 unspecified atom stereocenters. The maximum absolute atomic E-state index is 13.1. The molecule has 1 aliphatic heterocycles. The van der Waals surface area contributed by atoms with Crippen molar-refractivity contribution in [1.82, 2.24) is 9.03 Å². The van der Waals surface area contributed by atoms with E-state index in [9.17, 15) is 16.8 Å². The summed E-state index contributed by atoms with van der Waals surface area (Å²) in [5, 5.41) is 0.351. The molecule has 0 aliphatic carbocycles. The Morgan fingerprint density at radius 3 is 2.43 bits per heavy atom. The second-order valence-corrected chi connectivity index (χ2v) is 11.7. The Bertz CT molecular complexity index is 1100. The summed E-state index contributed by atoms with van der Waals surface area (Å²) in [5.41, 5.74) is 1.60. The molecule has 30 heavy (non-hydrogen) atoms.